The van der Waals surface area contributed by atoms with Gasteiger partial charge in [-0.25, -0.2) is 9.18 Å². The Bertz CT molecular complexity index is 711. The van der Waals surface area contributed by atoms with E-state index in [0.717, 1.165) is 0 Å². The van der Waals surface area contributed by atoms with Crippen molar-refractivity contribution in [1.29, 1.82) is 0 Å². The summed E-state index contributed by atoms with van der Waals surface area (Å²) in [6, 6.07) is 4.34. The molecule has 0 spiro atoms. The first kappa shape index (κ1) is 13.0. The molecule has 2 rings (SSSR count). The van der Waals surface area contributed by atoms with Crippen LogP contribution >= 0.6 is 27.5 Å². The molecule has 7 heteroatoms. The molecule has 0 radical (unpaired) electrons. The molecule has 0 aliphatic rings. The molecule has 0 amide bonds. The van der Waals surface area contributed by atoms with Gasteiger partial charge in [0.05, 0.1) is 16.0 Å². The summed E-state index contributed by atoms with van der Waals surface area (Å²) in [6.45, 7) is 0.0742. The Morgan fingerprint density at radius 1 is 1.39 bits per heavy atom. The number of aromatic amines is 1. The molecule has 18 heavy (non-hydrogen) atoms. The second-order valence-corrected chi connectivity index (χ2v) is 4.81. The van der Waals surface area contributed by atoms with Gasteiger partial charge in [-0.1, -0.05) is 23.7 Å². The Kier molecular flexibility index (Phi) is 3.68. The number of nitrogens with one attached hydrogen (secondary N) is 1. The standard InChI is InChI=1S/C11H7BrClFN2O2/c12-7-5-16(11(18)15-10(7)17)4-6-2-1-3-8(14)9(6)13/h1-3,5H,4H2,(H,15,17,18). The average molecular weight is 334 g/mol. The summed E-state index contributed by atoms with van der Waals surface area (Å²) in [7, 11) is 0. The van der Waals surface area contributed by atoms with Crippen LogP contribution in [0.3, 0.4) is 0 Å². The van der Waals surface area contributed by atoms with Crippen LogP contribution in [0.15, 0.2) is 38.5 Å². The van der Waals surface area contributed by atoms with Crippen LogP contribution in [-0.2, 0) is 6.54 Å². The third-order valence-electron chi connectivity index (χ3n) is 2.34. The molecule has 0 aliphatic carbocycles. The molecule has 4 nitrogen and oxygen atoms in total. The molecule has 1 aromatic carbocycles. The number of nitrogens with zero attached hydrogens (tertiary/aromatic N) is 1. The topological polar surface area (TPSA) is 54.9 Å². The minimum atomic E-state index is -0.580. The predicted octanol–water partition coefficient (Wildman–Crippen LogP) is 2.14. The second-order valence-electron chi connectivity index (χ2n) is 3.58. The van der Waals surface area contributed by atoms with Gasteiger partial charge in [0.25, 0.3) is 5.56 Å². The maximum Gasteiger partial charge on any atom is 0.328 e. The first-order chi connectivity index (χ1) is 8.49. The maximum atomic E-state index is 13.2. The van der Waals surface area contributed by atoms with Crippen molar-refractivity contribution in [1.82, 2.24) is 9.55 Å². The van der Waals surface area contributed by atoms with Gasteiger partial charge in [-0.3, -0.25) is 14.3 Å². The molecule has 0 unspecified atom stereocenters. The predicted molar refractivity (Wildman–Crippen MR) is 69.5 cm³/mol. The summed E-state index contributed by atoms with van der Waals surface area (Å²) >= 11 is 8.81. The number of hydrogen-bond acceptors (Lipinski definition) is 2. The first-order valence-electron chi connectivity index (χ1n) is 4.91. The summed E-state index contributed by atoms with van der Waals surface area (Å²) in [5.41, 5.74) is -0.636. The van der Waals surface area contributed by atoms with E-state index in [1.165, 1.54) is 22.9 Å². The fraction of sp³-hybridized carbons (Fsp3) is 0.0909. The molecule has 0 aliphatic heterocycles. The van der Waals surface area contributed by atoms with E-state index in [1.54, 1.807) is 6.07 Å². The molecule has 0 fully saturated rings. The minimum Gasteiger partial charge on any atom is -0.295 e. The number of rotatable bonds is 2. The zero-order valence-electron chi connectivity index (χ0n) is 8.91. The van der Waals surface area contributed by atoms with E-state index < -0.39 is 17.1 Å². The highest BCUT2D eigenvalue weighted by Gasteiger charge is 2.08. The van der Waals surface area contributed by atoms with E-state index in [-0.39, 0.29) is 16.0 Å². The van der Waals surface area contributed by atoms with E-state index in [2.05, 4.69) is 20.9 Å². The number of benzene rings is 1. The van der Waals surface area contributed by atoms with Crippen molar-refractivity contribution >= 4 is 27.5 Å². The van der Waals surface area contributed by atoms with Crippen molar-refractivity contribution in [3.63, 3.8) is 0 Å². The molecular weight excluding hydrogens is 326 g/mol. The molecule has 0 saturated heterocycles. The fourth-order valence-corrected chi connectivity index (χ4v) is 1.99. The molecule has 1 N–H and O–H groups in total. The van der Waals surface area contributed by atoms with Gasteiger partial charge in [-0.15, -0.1) is 0 Å². The third kappa shape index (κ3) is 2.54. The van der Waals surface area contributed by atoms with Crippen LogP contribution in [0.5, 0.6) is 0 Å². The van der Waals surface area contributed by atoms with E-state index >= 15 is 0 Å². The Morgan fingerprint density at radius 2 is 2.11 bits per heavy atom. The molecule has 94 valence electrons. The number of hydrogen-bond donors (Lipinski definition) is 1. The Balaban J connectivity index is 2.47. The zero-order valence-corrected chi connectivity index (χ0v) is 11.3. The molecule has 0 saturated carbocycles. The molecular formula is C11H7BrClFN2O2. The van der Waals surface area contributed by atoms with Crippen molar-refractivity contribution in [2.24, 2.45) is 0 Å². The lowest BCUT2D eigenvalue weighted by molar-refractivity contribution is 0.622. The molecule has 2 aromatic rings. The minimum absolute atomic E-state index is 0.0354. The van der Waals surface area contributed by atoms with Crippen LogP contribution in [0.1, 0.15) is 5.56 Å². The van der Waals surface area contributed by atoms with E-state index in [1.807, 2.05) is 0 Å². The SMILES string of the molecule is O=c1[nH]c(=O)n(Cc2cccc(F)c2Cl)cc1Br. The van der Waals surface area contributed by atoms with Crippen LogP contribution < -0.4 is 11.2 Å². The number of halogens is 3. The third-order valence-corrected chi connectivity index (χ3v) is 3.33. The van der Waals surface area contributed by atoms with Crippen molar-refractivity contribution in [2.45, 2.75) is 6.54 Å². The fourth-order valence-electron chi connectivity index (χ4n) is 1.45. The van der Waals surface area contributed by atoms with E-state index in [0.29, 0.717) is 5.56 Å². The van der Waals surface area contributed by atoms with Gasteiger partial charge in [0.2, 0.25) is 0 Å². The van der Waals surface area contributed by atoms with Crippen molar-refractivity contribution in [3.05, 3.63) is 66.1 Å². The lowest BCUT2D eigenvalue weighted by atomic mass is 10.2. The zero-order chi connectivity index (χ0) is 13.3. The summed E-state index contributed by atoms with van der Waals surface area (Å²) in [5, 5.41) is -0.0354. The monoisotopic (exact) mass is 332 g/mol. The van der Waals surface area contributed by atoms with Gasteiger partial charge >= 0.3 is 5.69 Å². The Morgan fingerprint density at radius 3 is 2.83 bits per heavy atom. The van der Waals surface area contributed by atoms with Crippen LogP contribution in [0.2, 0.25) is 5.02 Å². The molecule has 0 atom stereocenters. The van der Waals surface area contributed by atoms with Crippen LogP contribution in [0.4, 0.5) is 4.39 Å². The van der Waals surface area contributed by atoms with Crippen molar-refractivity contribution in [2.75, 3.05) is 0 Å². The van der Waals surface area contributed by atoms with Gasteiger partial charge in [-0.2, -0.15) is 0 Å². The highest BCUT2D eigenvalue weighted by Crippen LogP contribution is 2.20. The van der Waals surface area contributed by atoms with Gasteiger partial charge in [0.1, 0.15) is 5.82 Å². The molecule has 1 aromatic heterocycles. The van der Waals surface area contributed by atoms with Gasteiger partial charge in [0, 0.05) is 6.20 Å². The summed E-state index contributed by atoms with van der Waals surface area (Å²) in [5.74, 6) is -0.550. The van der Waals surface area contributed by atoms with Crippen molar-refractivity contribution in [3.8, 4) is 0 Å². The van der Waals surface area contributed by atoms with Crippen LogP contribution in [-0.4, -0.2) is 9.55 Å². The number of H-pyrrole nitrogens is 1. The molecule has 1 heterocycles. The van der Waals surface area contributed by atoms with Gasteiger partial charge in [-0.05, 0) is 27.6 Å². The lowest BCUT2D eigenvalue weighted by Gasteiger charge is -2.07. The number of aromatic nitrogens is 2. The van der Waals surface area contributed by atoms with Crippen molar-refractivity contribution < 1.29 is 4.39 Å². The lowest BCUT2D eigenvalue weighted by Crippen LogP contribution is -2.30. The highest BCUT2D eigenvalue weighted by molar-refractivity contribution is 9.10. The van der Waals surface area contributed by atoms with E-state index in [4.69, 9.17) is 11.6 Å². The second kappa shape index (κ2) is 5.07. The van der Waals surface area contributed by atoms with Crippen LogP contribution in [0, 0.1) is 5.82 Å². The Hall–Kier alpha value is -1.40. The van der Waals surface area contributed by atoms with E-state index in [9.17, 15) is 14.0 Å². The summed E-state index contributed by atoms with van der Waals surface area (Å²) < 4.78 is 14.7. The first-order valence-corrected chi connectivity index (χ1v) is 6.08. The highest BCUT2D eigenvalue weighted by atomic mass is 79.9. The largest absolute Gasteiger partial charge is 0.328 e. The quantitative estimate of drug-likeness (QED) is 0.915. The average Bonchev–Trinajstić information content (AvgIpc) is 2.32. The van der Waals surface area contributed by atoms with Crippen LogP contribution in [0.25, 0.3) is 0 Å². The maximum absolute atomic E-state index is 13.2. The smallest absolute Gasteiger partial charge is 0.295 e. The van der Waals surface area contributed by atoms with Gasteiger partial charge < -0.3 is 0 Å². The molecule has 0 bridgehead atoms. The summed E-state index contributed by atoms with van der Waals surface area (Å²) in [4.78, 5) is 24.8. The normalized spacial score (nSPS) is 10.6. The van der Waals surface area contributed by atoms with Gasteiger partial charge in [0.15, 0.2) is 0 Å². The Labute approximate surface area is 114 Å². The summed E-state index contributed by atoms with van der Waals surface area (Å²) in [6.07, 6.45) is 1.34.